The van der Waals surface area contributed by atoms with Crippen LogP contribution in [0.4, 0.5) is 30.6 Å². The van der Waals surface area contributed by atoms with Crippen LogP contribution in [0.2, 0.25) is 0 Å². The standard InChI is InChI=1S/C18H15F3N4/c1-2-10-22-16-14-8-3-4-9-15(14)24-17(25-16)23-13-7-5-6-12(11-13)18(19,20)21/h2-9,11H,1,10H2,(H2,22,23,24,25). The first kappa shape index (κ1) is 16.8. The first-order valence-electron chi connectivity index (χ1n) is 7.53. The van der Waals surface area contributed by atoms with Gasteiger partial charge >= 0.3 is 6.18 Å². The Hall–Kier alpha value is -3.09. The number of nitrogens with one attached hydrogen (secondary N) is 2. The van der Waals surface area contributed by atoms with Gasteiger partial charge in [-0.05, 0) is 30.3 Å². The normalized spacial score (nSPS) is 11.3. The van der Waals surface area contributed by atoms with Gasteiger partial charge in [-0.3, -0.25) is 0 Å². The highest BCUT2D eigenvalue weighted by Crippen LogP contribution is 2.31. The lowest BCUT2D eigenvalue weighted by molar-refractivity contribution is -0.137. The molecule has 0 unspecified atom stereocenters. The number of nitrogens with zero attached hydrogens (tertiary/aromatic N) is 2. The van der Waals surface area contributed by atoms with Crippen LogP contribution in [0, 0.1) is 0 Å². The minimum atomic E-state index is -4.40. The molecule has 0 aliphatic rings. The zero-order valence-electron chi connectivity index (χ0n) is 13.1. The van der Waals surface area contributed by atoms with E-state index in [0.29, 0.717) is 17.9 Å². The van der Waals surface area contributed by atoms with Gasteiger partial charge in [-0.1, -0.05) is 24.3 Å². The fourth-order valence-electron chi connectivity index (χ4n) is 2.34. The Balaban J connectivity index is 1.97. The van der Waals surface area contributed by atoms with Crippen LogP contribution in [0.25, 0.3) is 10.9 Å². The maximum absolute atomic E-state index is 12.8. The van der Waals surface area contributed by atoms with Crippen molar-refractivity contribution < 1.29 is 13.2 Å². The van der Waals surface area contributed by atoms with Gasteiger partial charge < -0.3 is 10.6 Å². The molecule has 0 radical (unpaired) electrons. The van der Waals surface area contributed by atoms with Crippen LogP contribution in [-0.4, -0.2) is 16.5 Å². The first-order chi connectivity index (χ1) is 12.0. The van der Waals surface area contributed by atoms with Gasteiger partial charge in [-0.15, -0.1) is 6.58 Å². The zero-order valence-corrected chi connectivity index (χ0v) is 13.1. The Morgan fingerprint density at radius 2 is 1.84 bits per heavy atom. The number of fused-ring (bicyclic) bond motifs is 1. The van der Waals surface area contributed by atoms with E-state index in [4.69, 9.17) is 0 Å². The third-order valence-corrected chi connectivity index (χ3v) is 3.46. The van der Waals surface area contributed by atoms with E-state index in [9.17, 15) is 13.2 Å². The van der Waals surface area contributed by atoms with Crippen LogP contribution in [0.1, 0.15) is 5.56 Å². The van der Waals surface area contributed by atoms with Crippen LogP contribution in [0.15, 0.2) is 61.2 Å². The number of rotatable bonds is 5. The molecule has 0 aliphatic heterocycles. The molecule has 3 aromatic rings. The fourth-order valence-corrected chi connectivity index (χ4v) is 2.34. The molecular formula is C18H15F3N4. The SMILES string of the molecule is C=CCNc1nc(Nc2cccc(C(F)(F)F)c2)nc2ccccc12. The summed E-state index contributed by atoms with van der Waals surface area (Å²) in [7, 11) is 0. The van der Waals surface area contributed by atoms with Crippen LogP contribution in [0.3, 0.4) is 0 Å². The highest BCUT2D eigenvalue weighted by Gasteiger charge is 2.30. The number of para-hydroxylation sites is 1. The monoisotopic (exact) mass is 344 g/mol. The smallest absolute Gasteiger partial charge is 0.366 e. The molecule has 0 atom stereocenters. The molecule has 1 aromatic heterocycles. The molecule has 7 heteroatoms. The number of benzene rings is 2. The summed E-state index contributed by atoms with van der Waals surface area (Å²) in [5, 5.41) is 6.77. The summed E-state index contributed by atoms with van der Waals surface area (Å²) in [4.78, 5) is 8.72. The Kier molecular flexibility index (Phi) is 4.56. The van der Waals surface area contributed by atoms with Crippen molar-refractivity contribution in [2.45, 2.75) is 6.18 Å². The van der Waals surface area contributed by atoms with Crippen molar-refractivity contribution in [2.75, 3.05) is 17.2 Å². The number of aromatic nitrogens is 2. The first-order valence-corrected chi connectivity index (χ1v) is 7.53. The summed E-state index contributed by atoms with van der Waals surface area (Å²) in [6.07, 6.45) is -2.71. The Labute approximate surface area is 142 Å². The van der Waals surface area contributed by atoms with Crippen molar-refractivity contribution >= 4 is 28.4 Å². The summed E-state index contributed by atoms with van der Waals surface area (Å²) in [5.74, 6) is 0.796. The van der Waals surface area contributed by atoms with Crippen molar-refractivity contribution in [3.63, 3.8) is 0 Å². The summed E-state index contributed by atoms with van der Waals surface area (Å²) in [6.45, 7) is 4.15. The van der Waals surface area contributed by atoms with E-state index in [1.165, 1.54) is 12.1 Å². The van der Waals surface area contributed by atoms with Crippen LogP contribution >= 0.6 is 0 Å². The summed E-state index contributed by atoms with van der Waals surface area (Å²) >= 11 is 0. The average Bonchev–Trinajstić information content (AvgIpc) is 2.59. The number of halogens is 3. The van der Waals surface area contributed by atoms with Gasteiger partial charge in [0.2, 0.25) is 5.95 Å². The minimum absolute atomic E-state index is 0.213. The summed E-state index contributed by atoms with van der Waals surface area (Å²) in [5.41, 5.74) is 0.210. The average molecular weight is 344 g/mol. The lowest BCUT2D eigenvalue weighted by Gasteiger charge is -2.12. The van der Waals surface area contributed by atoms with Gasteiger partial charge in [0.05, 0.1) is 11.1 Å². The molecule has 0 aliphatic carbocycles. The molecule has 0 fully saturated rings. The number of alkyl halides is 3. The minimum Gasteiger partial charge on any atom is -0.366 e. The quantitative estimate of drug-likeness (QED) is 0.640. The Morgan fingerprint density at radius 1 is 1.04 bits per heavy atom. The van der Waals surface area contributed by atoms with Crippen molar-refractivity contribution in [1.82, 2.24) is 9.97 Å². The van der Waals surface area contributed by atoms with Gasteiger partial charge in [0.15, 0.2) is 0 Å². The summed E-state index contributed by atoms with van der Waals surface area (Å²) in [6, 6.07) is 12.3. The molecule has 0 saturated carbocycles. The molecule has 4 nitrogen and oxygen atoms in total. The van der Waals surface area contributed by atoms with E-state index in [-0.39, 0.29) is 11.6 Å². The van der Waals surface area contributed by atoms with Crippen LogP contribution in [-0.2, 0) is 6.18 Å². The molecule has 25 heavy (non-hydrogen) atoms. The van der Waals surface area contributed by atoms with Crippen molar-refractivity contribution in [3.8, 4) is 0 Å². The lowest BCUT2D eigenvalue weighted by atomic mass is 10.2. The van der Waals surface area contributed by atoms with E-state index >= 15 is 0 Å². The van der Waals surface area contributed by atoms with E-state index in [1.807, 2.05) is 24.3 Å². The summed E-state index contributed by atoms with van der Waals surface area (Å²) < 4.78 is 38.5. The molecule has 2 N–H and O–H groups in total. The molecule has 1 heterocycles. The van der Waals surface area contributed by atoms with Crippen molar-refractivity contribution in [1.29, 1.82) is 0 Å². The predicted octanol–water partition coefficient (Wildman–Crippen LogP) is 4.99. The number of hydrogen-bond donors (Lipinski definition) is 2. The van der Waals surface area contributed by atoms with Gasteiger partial charge in [0, 0.05) is 17.6 Å². The second kappa shape index (κ2) is 6.80. The molecular weight excluding hydrogens is 329 g/mol. The maximum atomic E-state index is 12.8. The molecule has 128 valence electrons. The molecule has 0 bridgehead atoms. The van der Waals surface area contributed by atoms with Gasteiger partial charge in [0.25, 0.3) is 0 Å². The largest absolute Gasteiger partial charge is 0.416 e. The van der Waals surface area contributed by atoms with Crippen molar-refractivity contribution in [2.24, 2.45) is 0 Å². The zero-order chi connectivity index (χ0) is 17.9. The van der Waals surface area contributed by atoms with Crippen LogP contribution < -0.4 is 10.6 Å². The molecule has 0 spiro atoms. The predicted molar refractivity (Wildman–Crippen MR) is 93.0 cm³/mol. The van der Waals surface area contributed by atoms with Crippen molar-refractivity contribution in [3.05, 3.63) is 66.7 Å². The van der Waals surface area contributed by atoms with E-state index in [0.717, 1.165) is 17.5 Å². The molecule has 0 amide bonds. The Bertz CT molecular complexity index is 906. The maximum Gasteiger partial charge on any atom is 0.416 e. The fraction of sp³-hybridized carbons (Fsp3) is 0.111. The highest BCUT2D eigenvalue weighted by atomic mass is 19.4. The van der Waals surface area contributed by atoms with Gasteiger partial charge in [-0.2, -0.15) is 18.2 Å². The van der Waals surface area contributed by atoms with Crippen LogP contribution in [0.5, 0.6) is 0 Å². The third-order valence-electron chi connectivity index (χ3n) is 3.46. The number of hydrogen-bond acceptors (Lipinski definition) is 4. The van der Waals surface area contributed by atoms with E-state index < -0.39 is 11.7 Å². The Morgan fingerprint density at radius 3 is 2.60 bits per heavy atom. The van der Waals surface area contributed by atoms with Gasteiger partial charge in [0.1, 0.15) is 5.82 Å². The van der Waals surface area contributed by atoms with E-state index in [2.05, 4.69) is 27.2 Å². The third kappa shape index (κ3) is 3.88. The second-order valence-corrected chi connectivity index (χ2v) is 5.29. The number of anilines is 3. The topological polar surface area (TPSA) is 49.8 Å². The molecule has 2 aromatic carbocycles. The van der Waals surface area contributed by atoms with E-state index in [1.54, 1.807) is 6.08 Å². The second-order valence-electron chi connectivity index (χ2n) is 5.29. The van der Waals surface area contributed by atoms with Gasteiger partial charge in [-0.25, -0.2) is 4.98 Å². The molecule has 3 rings (SSSR count). The lowest BCUT2D eigenvalue weighted by Crippen LogP contribution is -2.07. The highest BCUT2D eigenvalue weighted by molar-refractivity contribution is 5.90. The molecule has 0 saturated heterocycles.